The van der Waals surface area contributed by atoms with E-state index in [9.17, 15) is 0 Å². The van der Waals surface area contributed by atoms with Crippen molar-refractivity contribution < 1.29 is 0 Å². The van der Waals surface area contributed by atoms with Gasteiger partial charge in [-0.3, -0.25) is 0 Å². The summed E-state index contributed by atoms with van der Waals surface area (Å²) in [6, 6.07) is 0. The van der Waals surface area contributed by atoms with Gasteiger partial charge in [0.15, 0.2) is 0 Å². The molecule has 0 aromatic carbocycles. The standard InChI is InChI=1S/C13H27N/c1-7-9-10-12(3)14(6)11-13(4,5)8-2/h3,7-11H2,1-2,4-6H3. The fourth-order valence-corrected chi connectivity index (χ4v) is 1.44. The highest BCUT2D eigenvalue weighted by molar-refractivity contribution is 4.93. The van der Waals surface area contributed by atoms with Gasteiger partial charge in [-0.1, -0.05) is 40.7 Å². The summed E-state index contributed by atoms with van der Waals surface area (Å²) in [5.41, 5.74) is 1.69. The van der Waals surface area contributed by atoms with Gasteiger partial charge >= 0.3 is 0 Å². The molecule has 0 aromatic rings. The van der Waals surface area contributed by atoms with E-state index < -0.39 is 0 Å². The molecule has 14 heavy (non-hydrogen) atoms. The first kappa shape index (κ1) is 13.5. The summed E-state index contributed by atoms with van der Waals surface area (Å²) in [6.45, 7) is 14.4. The molecular weight excluding hydrogens is 170 g/mol. The number of hydrogen-bond donors (Lipinski definition) is 0. The predicted molar refractivity (Wildman–Crippen MR) is 65.4 cm³/mol. The molecule has 0 aliphatic rings. The highest BCUT2D eigenvalue weighted by atomic mass is 15.1. The normalized spacial score (nSPS) is 11.5. The molecule has 0 atom stereocenters. The molecule has 0 aliphatic carbocycles. The van der Waals surface area contributed by atoms with Crippen LogP contribution in [-0.2, 0) is 0 Å². The molecule has 0 radical (unpaired) electrons. The monoisotopic (exact) mass is 197 g/mol. The Hall–Kier alpha value is -0.460. The molecule has 0 unspecified atom stereocenters. The van der Waals surface area contributed by atoms with Gasteiger partial charge in [0.25, 0.3) is 0 Å². The van der Waals surface area contributed by atoms with Gasteiger partial charge in [0.2, 0.25) is 0 Å². The van der Waals surface area contributed by atoms with Crippen LogP contribution in [0.15, 0.2) is 12.3 Å². The maximum absolute atomic E-state index is 4.14. The second kappa shape index (κ2) is 6.10. The zero-order chi connectivity index (χ0) is 11.2. The van der Waals surface area contributed by atoms with E-state index in [2.05, 4.69) is 46.2 Å². The molecule has 0 aliphatic heterocycles. The van der Waals surface area contributed by atoms with Crippen LogP contribution in [-0.4, -0.2) is 18.5 Å². The molecule has 0 bridgehead atoms. The first-order valence-electron chi connectivity index (χ1n) is 5.82. The van der Waals surface area contributed by atoms with Gasteiger partial charge in [-0.2, -0.15) is 0 Å². The van der Waals surface area contributed by atoms with Gasteiger partial charge in [0.1, 0.15) is 0 Å². The first-order valence-corrected chi connectivity index (χ1v) is 5.82. The lowest BCUT2D eigenvalue weighted by molar-refractivity contribution is 0.234. The average Bonchev–Trinajstić information content (AvgIpc) is 2.13. The fourth-order valence-electron chi connectivity index (χ4n) is 1.44. The number of rotatable bonds is 7. The zero-order valence-electron chi connectivity index (χ0n) is 10.7. The van der Waals surface area contributed by atoms with Crippen molar-refractivity contribution in [1.29, 1.82) is 0 Å². The van der Waals surface area contributed by atoms with Crippen molar-refractivity contribution in [1.82, 2.24) is 4.90 Å². The third-order valence-electron chi connectivity index (χ3n) is 2.98. The molecule has 0 fully saturated rings. The van der Waals surface area contributed by atoms with Crippen molar-refractivity contribution in [3.8, 4) is 0 Å². The van der Waals surface area contributed by atoms with E-state index in [1.807, 2.05) is 0 Å². The van der Waals surface area contributed by atoms with Crippen LogP contribution in [0.4, 0.5) is 0 Å². The molecule has 0 heterocycles. The largest absolute Gasteiger partial charge is 0.378 e. The van der Waals surface area contributed by atoms with Crippen LogP contribution in [0, 0.1) is 5.41 Å². The number of unbranched alkanes of at least 4 members (excludes halogenated alkanes) is 1. The van der Waals surface area contributed by atoms with E-state index in [0.29, 0.717) is 5.41 Å². The summed E-state index contributed by atoms with van der Waals surface area (Å²) in [5, 5.41) is 0. The minimum atomic E-state index is 0.407. The molecule has 0 amide bonds. The van der Waals surface area contributed by atoms with Crippen LogP contribution in [0.5, 0.6) is 0 Å². The van der Waals surface area contributed by atoms with Crippen molar-refractivity contribution in [2.75, 3.05) is 13.6 Å². The molecule has 0 N–H and O–H groups in total. The molecule has 0 saturated heterocycles. The van der Waals surface area contributed by atoms with Gasteiger partial charge in [-0.15, -0.1) is 0 Å². The van der Waals surface area contributed by atoms with Crippen LogP contribution in [0.3, 0.4) is 0 Å². The van der Waals surface area contributed by atoms with Crippen LogP contribution < -0.4 is 0 Å². The van der Waals surface area contributed by atoms with Gasteiger partial charge in [-0.05, 0) is 24.7 Å². The Kier molecular flexibility index (Phi) is 5.90. The van der Waals surface area contributed by atoms with E-state index >= 15 is 0 Å². The number of hydrogen-bond acceptors (Lipinski definition) is 1. The first-order chi connectivity index (χ1) is 6.43. The average molecular weight is 197 g/mol. The summed E-state index contributed by atoms with van der Waals surface area (Å²) < 4.78 is 0. The Morgan fingerprint density at radius 3 is 2.29 bits per heavy atom. The molecule has 0 saturated carbocycles. The smallest absolute Gasteiger partial charge is 0.0222 e. The molecular formula is C13H27N. The maximum Gasteiger partial charge on any atom is 0.0222 e. The number of allylic oxidation sites excluding steroid dienone is 1. The molecule has 1 nitrogen and oxygen atoms in total. The minimum absolute atomic E-state index is 0.407. The second-order valence-corrected chi connectivity index (χ2v) is 5.04. The Balaban J connectivity index is 3.94. The Bertz CT molecular complexity index is 170. The fraction of sp³-hybridized carbons (Fsp3) is 0.846. The summed E-state index contributed by atoms with van der Waals surface area (Å²) in [7, 11) is 2.16. The molecule has 84 valence electrons. The topological polar surface area (TPSA) is 3.24 Å². The molecule has 0 rings (SSSR count). The number of nitrogens with zero attached hydrogens (tertiary/aromatic N) is 1. The minimum Gasteiger partial charge on any atom is -0.378 e. The molecule has 1 heteroatoms. The van der Waals surface area contributed by atoms with Crippen molar-refractivity contribution in [2.24, 2.45) is 5.41 Å². The maximum atomic E-state index is 4.14. The van der Waals surface area contributed by atoms with E-state index in [0.717, 1.165) is 13.0 Å². The zero-order valence-corrected chi connectivity index (χ0v) is 10.7. The lowest BCUT2D eigenvalue weighted by atomic mass is 9.89. The SMILES string of the molecule is C=C(CCCC)N(C)CC(C)(C)CC. The third kappa shape index (κ3) is 5.31. The van der Waals surface area contributed by atoms with E-state index in [1.165, 1.54) is 25.0 Å². The van der Waals surface area contributed by atoms with Gasteiger partial charge in [0, 0.05) is 19.3 Å². The second-order valence-electron chi connectivity index (χ2n) is 5.04. The van der Waals surface area contributed by atoms with E-state index in [4.69, 9.17) is 0 Å². The Morgan fingerprint density at radius 2 is 1.86 bits per heavy atom. The summed E-state index contributed by atoms with van der Waals surface area (Å²) in [4.78, 5) is 2.32. The van der Waals surface area contributed by atoms with Crippen LogP contribution >= 0.6 is 0 Å². The van der Waals surface area contributed by atoms with Crippen molar-refractivity contribution in [3.05, 3.63) is 12.3 Å². The van der Waals surface area contributed by atoms with Crippen LogP contribution in [0.25, 0.3) is 0 Å². The van der Waals surface area contributed by atoms with Gasteiger partial charge in [-0.25, -0.2) is 0 Å². The summed E-state index contributed by atoms with van der Waals surface area (Å²) in [6.07, 6.45) is 4.88. The third-order valence-corrected chi connectivity index (χ3v) is 2.98. The van der Waals surface area contributed by atoms with Gasteiger partial charge in [0.05, 0.1) is 0 Å². The summed E-state index contributed by atoms with van der Waals surface area (Å²) >= 11 is 0. The lowest BCUT2D eigenvalue weighted by Crippen LogP contribution is -2.30. The van der Waals surface area contributed by atoms with E-state index in [1.54, 1.807) is 0 Å². The van der Waals surface area contributed by atoms with Crippen molar-refractivity contribution >= 4 is 0 Å². The van der Waals surface area contributed by atoms with Crippen LogP contribution in [0.2, 0.25) is 0 Å². The highest BCUT2D eigenvalue weighted by Crippen LogP contribution is 2.23. The lowest BCUT2D eigenvalue weighted by Gasteiger charge is -2.31. The van der Waals surface area contributed by atoms with Crippen molar-refractivity contribution in [3.63, 3.8) is 0 Å². The Morgan fingerprint density at radius 1 is 1.29 bits per heavy atom. The molecule has 0 aromatic heterocycles. The predicted octanol–water partition coefficient (Wildman–Crippen LogP) is 4.06. The van der Waals surface area contributed by atoms with Crippen molar-refractivity contribution in [2.45, 2.75) is 53.4 Å². The van der Waals surface area contributed by atoms with Crippen LogP contribution in [0.1, 0.15) is 53.4 Å². The Labute approximate surface area is 90.2 Å². The molecule has 0 spiro atoms. The highest BCUT2D eigenvalue weighted by Gasteiger charge is 2.17. The van der Waals surface area contributed by atoms with E-state index in [-0.39, 0.29) is 0 Å². The summed E-state index contributed by atoms with van der Waals surface area (Å²) in [5.74, 6) is 0. The van der Waals surface area contributed by atoms with Gasteiger partial charge < -0.3 is 4.90 Å². The quantitative estimate of drug-likeness (QED) is 0.595.